The van der Waals surface area contributed by atoms with Crippen LogP contribution in [0.5, 0.6) is 0 Å². The molecule has 4 heterocycles. The molecule has 4 aromatic heterocycles. The summed E-state index contributed by atoms with van der Waals surface area (Å²) in [6.45, 7) is 0. The average molecular weight is 468 g/mol. The van der Waals surface area contributed by atoms with E-state index in [9.17, 15) is 36.9 Å². The molecule has 12 heteroatoms. The summed E-state index contributed by atoms with van der Waals surface area (Å²) in [6.07, 6.45) is 0. The number of pyridine rings is 4. The molecule has 0 unspecified atom stereocenters. The Labute approximate surface area is 186 Å². The van der Waals surface area contributed by atoms with Gasteiger partial charge in [-0.25, -0.2) is 4.98 Å². The molecule has 0 aliphatic rings. The zero-order chi connectivity index (χ0) is 24.6. The van der Waals surface area contributed by atoms with E-state index >= 15 is 0 Å². The lowest BCUT2D eigenvalue weighted by atomic mass is 9.90. The van der Waals surface area contributed by atoms with Crippen molar-refractivity contribution in [3.05, 3.63) is 83.2 Å². The zero-order valence-corrected chi connectivity index (χ0v) is 16.4. The fraction of sp³-hybridized carbons (Fsp3) is 0. The molecule has 0 aliphatic heterocycles. The summed E-state index contributed by atoms with van der Waals surface area (Å²) in [5, 5.41) is 19.7. The van der Waals surface area contributed by atoms with Crippen LogP contribution in [0.3, 0.4) is 0 Å². The lowest BCUT2D eigenvalue weighted by molar-refractivity contribution is 0.513. The summed E-state index contributed by atoms with van der Waals surface area (Å²) in [6, 6.07) is 7.69. The normalized spacial score (nSPS) is 10.6. The second kappa shape index (κ2) is 8.60. The lowest BCUT2D eigenvalue weighted by Gasteiger charge is -2.16. The van der Waals surface area contributed by atoms with E-state index in [4.69, 9.17) is 0 Å². The van der Waals surface area contributed by atoms with Crippen molar-refractivity contribution in [3.8, 4) is 45.8 Å². The second-order valence-electron chi connectivity index (χ2n) is 6.66. The van der Waals surface area contributed by atoms with Crippen molar-refractivity contribution in [2.75, 3.05) is 0 Å². The molecule has 6 nitrogen and oxygen atoms in total. The van der Waals surface area contributed by atoms with Crippen molar-refractivity contribution in [1.29, 1.82) is 10.5 Å². The molecule has 0 fully saturated rings. The third kappa shape index (κ3) is 4.12. The highest BCUT2D eigenvalue weighted by Gasteiger charge is 2.25. The standard InChI is InChI=1S/C22H6F6N6/c23-14-1-9(2-15(24)31-14)20-12(7-29)21(10-3-16(25)32-17(26)4-10)34-22(13(20)8-30)11-5-18(27)33-19(28)6-11/h1-6H. The van der Waals surface area contributed by atoms with Gasteiger partial charge in [-0.3, -0.25) is 0 Å². The van der Waals surface area contributed by atoms with Crippen molar-refractivity contribution >= 4 is 0 Å². The number of aromatic nitrogens is 4. The Hall–Kier alpha value is -4.84. The first kappa shape index (κ1) is 22.4. The SMILES string of the molecule is N#Cc1c(-c2cc(F)nc(F)c2)nc(-c2cc(F)nc(F)c2)c(C#N)c1-c1cc(F)nc(F)c1. The van der Waals surface area contributed by atoms with Gasteiger partial charge >= 0.3 is 0 Å². The molecule has 0 N–H and O–H groups in total. The Morgan fingerprint density at radius 2 is 0.765 bits per heavy atom. The molecule has 0 saturated heterocycles. The Morgan fingerprint density at radius 3 is 1.06 bits per heavy atom. The van der Waals surface area contributed by atoms with Gasteiger partial charge in [0, 0.05) is 53.1 Å². The Balaban J connectivity index is 2.21. The molecule has 0 atom stereocenters. The molecule has 0 radical (unpaired) electrons. The van der Waals surface area contributed by atoms with E-state index in [-0.39, 0.29) is 16.7 Å². The number of nitrogens with zero attached hydrogens (tertiary/aromatic N) is 6. The number of halogens is 6. The van der Waals surface area contributed by atoms with Crippen molar-refractivity contribution in [3.63, 3.8) is 0 Å². The van der Waals surface area contributed by atoms with Crippen LogP contribution < -0.4 is 0 Å². The predicted octanol–water partition coefficient (Wildman–Crippen LogP) is 4.85. The molecule has 166 valence electrons. The van der Waals surface area contributed by atoms with Gasteiger partial charge in [0.1, 0.15) is 12.1 Å². The highest BCUT2D eigenvalue weighted by molar-refractivity contribution is 5.89. The van der Waals surface area contributed by atoms with Gasteiger partial charge in [0.2, 0.25) is 35.7 Å². The van der Waals surface area contributed by atoms with Gasteiger partial charge in [0.05, 0.1) is 22.5 Å². The number of rotatable bonds is 3. The van der Waals surface area contributed by atoms with Gasteiger partial charge in [-0.2, -0.15) is 51.8 Å². The van der Waals surface area contributed by atoms with Crippen LogP contribution in [0, 0.1) is 58.3 Å². The topological polar surface area (TPSA) is 99.1 Å². The molecule has 0 saturated carbocycles. The molecule has 0 aromatic carbocycles. The first-order valence-corrected chi connectivity index (χ1v) is 9.08. The summed E-state index contributed by atoms with van der Waals surface area (Å²) in [5.74, 6) is -7.73. The Morgan fingerprint density at radius 1 is 0.471 bits per heavy atom. The minimum Gasteiger partial charge on any atom is -0.245 e. The van der Waals surface area contributed by atoms with Crippen LogP contribution >= 0.6 is 0 Å². The maximum Gasteiger partial charge on any atom is 0.216 e. The fourth-order valence-corrected chi connectivity index (χ4v) is 3.32. The van der Waals surface area contributed by atoms with E-state index < -0.39 is 63.8 Å². The molecule has 4 aromatic rings. The number of hydrogen-bond acceptors (Lipinski definition) is 6. The summed E-state index contributed by atoms with van der Waals surface area (Å²) < 4.78 is 83.1. The minimum atomic E-state index is -1.30. The van der Waals surface area contributed by atoms with Gasteiger partial charge in [0.25, 0.3) is 0 Å². The molecule has 0 amide bonds. The molecule has 0 spiro atoms. The van der Waals surface area contributed by atoms with Crippen LogP contribution in [0.4, 0.5) is 26.3 Å². The Kier molecular flexibility index (Phi) is 5.65. The van der Waals surface area contributed by atoms with Crippen LogP contribution in [0.15, 0.2) is 36.4 Å². The molecular weight excluding hydrogens is 462 g/mol. The zero-order valence-electron chi connectivity index (χ0n) is 16.4. The smallest absolute Gasteiger partial charge is 0.216 e. The van der Waals surface area contributed by atoms with Crippen LogP contribution in [-0.4, -0.2) is 19.9 Å². The van der Waals surface area contributed by atoms with Gasteiger partial charge in [-0.15, -0.1) is 0 Å². The number of nitriles is 2. The summed E-state index contributed by atoms with van der Waals surface area (Å²) in [7, 11) is 0. The third-order valence-corrected chi connectivity index (χ3v) is 4.54. The molecule has 0 aliphatic carbocycles. The van der Waals surface area contributed by atoms with Gasteiger partial charge in [-0.1, -0.05) is 0 Å². The molecule has 34 heavy (non-hydrogen) atoms. The van der Waals surface area contributed by atoms with Crippen LogP contribution in [0.2, 0.25) is 0 Å². The van der Waals surface area contributed by atoms with E-state index in [0.29, 0.717) is 36.4 Å². The van der Waals surface area contributed by atoms with E-state index in [1.807, 2.05) is 0 Å². The first-order valence-electron chi connectivity index (χ1n) is 9.08. The van der Waals surface area contributed by atoms with Crippen LogP contribution in [-0.2, 0) is 0 Å². The highest BCUT2D eigenvalue weighted by Crippen LogP contribution is 2.39. The maximum absolute atomic E-state index is 13.9. The van der Waals surface area contributed by atoms with E-state index in [2.05, 4.69) is 19.9 Å². The minimum absolute atomic E-state index is 0.335. The summed E-state index contributed by atoms with van der Waals surface area (Å²) in [4.78, 5) is 12.9. The van der Waals surface area contributed by atoms with Gasteiger partial charge < -0.3 is 0 Å². The van der Waals surface area contributed by atoms with Crippen LogP contribution in [0.25, 0.3) is 33.6 Å². The quantitative estimate of drug-likeness (QED) is 0.315. The van der Waals surface area contributed by atoms with Gasteiger partial charge in [-0.05, 0) is 5.56 Å². The van der Waals surface area contributed by atoms with E-state index in [0.717, 1.165) is 0 Å². The van der Waals surface area contributed by atoms with Crippen LogP contribution in [0.1, 0.15) is 11.1 Å². The van der Waals surface area contributed by atoms with E-state index in [1.165, 1.54) is 0 Å². The number of hydrogen-bond donors (Lipinski definition) is 0. The largest absolute Gasteiger partial charge is 0.245 e. The second-order valence-corrected chi connectivity index (χ2v) is 6.66. The van der Waals surface area contributed by atoms with Crippen molar-refractivity contribution in [2.24, 2.45) is 0 Å². The average Bonchev–Trinajstić information content (AvgIpc) is 2.75. The molecule has 0 bridgehead atoms. The third-order valence-electron chi connectivity index (χ3n) is 4.54. The maximum atomic E-state index is 13.9. The molecular formula is C22H6F6N6. The van der Waals surface area contributed by atoms with Gasteiger partial charge in [0.15, 0.2) is 0 Å². The monoisotopic (exact) mass is 468 g/mol. The fourth-order valence-electron chi connectivity index (χ4n) is 3.32. The highest BCUT2D eigenvalue weighted by atomic mass is 19.2. The van der Waals surface area contributed by atoms with E-state index in [1.54, 1.807) is 12.1 Å². The summed E-state index contributed by atoms with van der Waals surface area (Å²) in [5.41, 5.74) is -3.30. The van der Waals surface area contributed by atoms with Crippen molar-refractivity contribution in [2.45, 2.75) is 0 Å². The predicted molar refractivity (Wildman–Crippen MR) is 103 cm³/mol. The first-order chi connectivity index (χ1) is 16.2. The Bertz CT molecular complexity index is 1410. The summed E-state index contributed by atoms with van der Waals surface area (Å²) >= 11 is 0. The molecule has 4 rings (SSSR count). The van der Waals surface area contributed by atoms with Crippen molar-refractivity contribution < 1.29 is 26.3 Å². The lowest BCUT2D eigenvalue weighted by Crippen LogP contribution is -2.04. The van der Waals surface area contributed by atoms with Crippen molar-refractivity contribution in [1.82, 2.24) is 19.9 Å².